The number of imide groups is 1. The lowest BCUT2D eigenvalue weighted by molar-refractivity contribution is -0.120. The van der Waals surface area contributed by atoms with Gasteiger partial charge >= 0.3 is 0 Å². The number of benzene rings is 2. The Labute approximate surface area is 193 Å². The predicted octanol–water partition coefficient (Wildman–Crippen LogP) is 4.76. The van der Waals surface area contributed by atoms with Crippen molar-refractivity contribution in [1.29, 1.82) is 0 Å². The molecular weight excluding hydrogens is 448 g/mol. The zero-order valence-corrected chi connectivity index (χ0v) is 19.1. The van der Waals surface area contributed by atoms with Crippen molar-refractivity contribution < 1.29 is 14.4 Å². The molecule has 2 aromatic carbocycles. The molecule has 3 aromatic rings. The Morgan fingerprint density at radius 3 is 2.25 bits per heavy atom. The van der Waals surface area contributed by atoms with E-state index in [0.29, 0.717) is 22.1 Å². The minimum Gasteiger partial charge on any atom is -0.350 e. The van der Waals surface area contributed by atoms with Crippen molar-refractivity contribution in [3.8, 4) is 0 Å². The van der Waals surface area contributed by atoms with E-state index in [1.165, 1.54) is 11.3 Å². The van der Waals surface area contributed by atoms with Crippen LogP contribution in [0.15, 0.2) is 58.6 Å². The van der Waals surface area contributed by atoms with E-state index in [-0.39, 0.29) is 16.6 Å². The van der Waals surface area contributed by atoms with E-state index in [0.717, 1.165) is 21.7 Å². The van der Waals surface area contributed by atoms with Crippen molar-refractivity contribution in [2.45, 2.75) is 20.8 Å². The highest BCUT2D eigenvalue weighted by Gasteiger charge is 2.39. The second-order valence-corrected chi connectivity index (χ2v) is 8.67. The average molecular weight is 467 g/mol. The molecule has 0 fully saturated rings. The van der Waals surface area contributed by atoms with Gasteiger partial charge in [-0.05, 0) is 68.3 Å². The van der Waals surface area contributed by atoms with Gasteiger partial charge < -0.3 is 5.32 Å². The normalized spacial score (nSPS) is 13.7. The van der Waals surface area contributed by atoms with Gasteiger partial charge in [0.05, 0.1) is 11.4 Å². The first-order valence-corrected chi connectivity index (χ1v) is 11.0. The third-order valence-electron chi connectivity index (χ3n) is 4.75. The first-order valence-electron chi connectivity index (χ1n) is 9.70. The Bertz CT molecular complexity index is 1260. The van der Waals surface area contributed by atoms with E-state index in [1.54, 1.807) is 36.4 Å². The van der Waals surface area contributed by atoms with Crippen LogP contribution in [0.1, 0.15) is 27.2 Å². The highest BCUT2D eigenvalue weighted by molar-refractivity contribution is 7.13. The lowest BCUT2D eigenvalue weighted by Crippen LogP contribution is -2.32. The van der Waals surface area contributed by atoms with E-state index in [4.69, 9.17) is 11.6 Å². The quantitative estimate of drug-likeness (QED) is 0.529. The Morgan fingerprint density at radius 1 is 1.00 bits per heavy atom. The van der Waals surface area contributed by atoms with E-state index in [2.05, 4.69) is 15.6 Å². The molecule has 1 aliphatic rings. The van der Waals surface area contributed by atoms with Crippen molar-refractivity contribution in [3.63, 3.8) is 0 Å². The molecule has 0 atom stereocenters. The number of carbonyl (C=O) groups excluding carboxylic acids is 3. The van der Waals surface area contributed by atoms with Crippen molar-refractivity contribution in [2.24, 2.45) is 0 Å². The van der Waals surface area contributed by atoms with Crippen LogP contribution in [-0.4, -0.2) is 22.7 Å². The van der Waals surface area contributed by atoms with E-state index >= 15 is 0 Å². The molecule has 9 heteroatoms. The summed E-state index contributed by atoms with van der Waals surface area (Å²) >= 11 is 7.55. The number of anilines is 3. The molecule has 0 radical (unpaired) electrons. The fourth-order valence-electron chi connectivity index (χ4n) is 3.36. The minimum absolute atomic E-state index is 0.00807. The van der Waals surface area contributed by atoms with Crippen molar-refractivity contribution in [2.75, 3.05) is 15.5 Å². The van der Waals surface area contributed by atoms with Crippen LogP contribution in [0.5, 0.6) is 0 Å². The van der Waals surface area contributed by atoms with Gasteiger partial charge in [0.25, 0.3) is 17.7 Å². The topological polar surface area (TPSA) is 91.4 Å². The molecule has 0 unspecified atom stereocenters. The number of rotatable bonds is 5. The largest absolute Gasteiger partial charge is 0.350 e. The summed E-state index contributed by atoms with van der Waals surface area (Å²) in [7, 11) is 0. The second kappa shape index (κ2) is 8.57. The summed E-state index contributed by atoms with van der Waals surface area (Å²) in [5.41, 5.74) is 4.10. The van der Waals surface area contributed by atoms with Gasteiger partial charge in [-0.25, -0.2) is 9.88 Å². The van der Waals surface area contributed by atoms with Gasteiger partial charge in [-0.15, -0.1) is 11.3 Å². The van der Waals surface area contributed by atoms with Crippen LogP contribution in [0.25, 0.3) is 0 Å². The Morgan fingerprint density at radius 2 is 1.66 bits per heavy atom. The molecule has 1 aliphatic heterocycles. The predicted molar refractivity (Wildman–Crippen MR) is 126 cm³/mol. The number of hydrogen-bond donors (Lipinski definition) is 2. The Balaban J connectivity index is 1.50. The summed E-state index contributed by atoms with van der Waals surface area (Å²) < 4.78 is 0. The molecule has 3 amide bonds. The van der Waals surface area contributed by atoms with Crippen LogP contribution in [-0.2, 0) is 9.59 Å². The molecule has 2 heterocycles. The van der Waals surface area contributed by atoms with Gasteiger partial charge in [-0.3, -0.25) is 19.7 Å². The number of amides is 3. The van der Waals surface area contributed by atoms with Gasteiger partial charge in [-0.1, -0.05) is 17.7 Å². The van der Waals surface area contributed by atoms with Crippen LogP contribution in [0, 0.1) is 20.8 Å². The molecular formula is C23H19ClN4O3S. The summed E-state index contributed by atoms with van der Waals surface area (Å²) in [5.74, 6) is -1.42. The molecule has 162 valence electrons. The van der Waals surface area contributed by atoms with Gasteiger partial charge in [0.1, 0.15) is 10.7 Å². The summed E-state index contributed by atoms with van der Waals surface area (Å²) in [6.45, 7) is 5.63. The van der Waals surface area contributed by atoms with Crippen LogP contribution in [0.4, 0.5) is 16.5 Å². The Kier molecular flexibility index (Phi) is 5.82. The first kappa shape index (κ1) is 21.7. The molecule has 4 rings (SSSR count). The smallest absolute Gasteiger partial charge is 0.283 e. The number of halogens is 1. The standard InChI is InChI=1S/C23H19ClN4O3S/c1-12-8-13(2)10-17(9-12)28-21(30)18(24)19(22(28)31)26-16-6-4-15(5-7-16)20(29)27-23-25-14(3)11-32-23/h4-11,26H,1-3H3,(H,25,27,29). The number of nitrogens with zero attached hydrogens (tertiary/aromatic N) is 2. The van der Waals surface area contributed by atoms with Crippen molar-refractivity contribution in [3.05, 3.63) is 81.0 Å². The van der Waals surface area contributed by atoms with Gasteiger partial charge in [0.2, 0.25) is 0 Å². The minimum atomic E-state index is -0.584. The van der Waals surface area contributed by atoms with Crippen LogP contribution in [0.2, 0.25) is 0 Å². The number of aromatic nitrogens is 1. The number of nitrogens with one attached hydrogen (secondary N) is 2. The van der Waals surface area contributed by atoms with Crippen LogP contribution in [0.3, 0.4) is 0 Å². The van der Waals surface area contributed by atoms with Crippen molar-refractivity contribution in [1.82, 2.24) is 4.98 Å². The zero-order valence-electron chi connectivity index (χ0n) is 17.5. The zero-order chi connectivity index (χ0) is 23.0. The first-order chi connectivity index (χ1) is 15.2. The second-order valence-electron chi connectivity index (χ2n) is 7.43. The lowest BCUT2D eigenvalue weighted by atomic mass is 10.1. The van der Waals surface area contributed by atoms with Gasteiger partial charge in [0.15, 0.2) is 5.13 Å². The fraction of sp³-hybridized carbons (Fsp3) is 0.130. The molecule has 0 aliphatic carbocycles. The monoisotopic (exact) mass is 466 g/mol. The van der Waals surface area contributed by atoms with E-state index in [9.17, 15) is 14.4 Å². The maximum Gasteiger partial charge on any atom is 0.283 e. The third-order valence-corrected chi connectivity index (χ3v) is 5.97. The highest BCUT2D eigenvalue weighted by Crippen LogP contribution is 2.31. The maximum atomic E-state index is 13.0. The van der Waals surface area contributed by atoms with Crippen molar-refractivity contribution >= 4 is 57.2 Å². The van der Waals surface area contributed by atoms with Crippen LogP contribution >= 0.6 is 22.9 Å². The number of thiazole rings is 1. The average Bonchev–Trinajstić information content (AvgIpc) is 3.23. The lowest BCUT2D eigenvalue weighted by Gasteiger charge is -2.16. The molecule has 0 saturated carbocycles. The summed E-state index contributed by atoms with van der Waals surface area (Å²) in [6, 6.07) is 12.0. The molecule has 0 bridgehead atoms. The maximum absolute atomic E-state index is 13.0. The molecule has 0 saturated heterocycles. The molecule has 0 spiro atoms. The van der Waals surface area contributed by atoms with Crippen LogP contribution < -0.4 is 15.5 Å². The highest BCUT2D eigenvalue weighted by atomic mass is 35.5. The molecule has 32 heavy (non-hydrogen) atoms. The van der Waals surface area contributed by atoms with Gasteiger partial charge in [-0.2, -0.15) is 0 Å². The molecule has 1 aromatic heterocycles. The summed E-state index contributed by atoms with van der Waals surface area (Å²) in [5, 5.41) is 7.83. The van der Waals surface area contributed by atoms with E-state index in [1.807, 2.05) is 32.2 Å². The SMILES string of the molecule is Cc1cc(C)cc(N2C(=O)C(Cl)=C(Nc3ccc(C(=O)Nc4nc(C)cs4)cc3)C2=O)c1. The fourth-order valence-corrected chi connectivity index (χ4v) is 4.25. The molecule has 7 nitrogen and oxygen atoms in total. The Hall–Kier alpha value is -3.49. The number of carbonyl (C=O) groups is 3. The summed E-state index contributed by atoms with van der Waals surface area (Å²) in [4.78, 5) is 43.3. The third kappa shape index (κ3) is 4.28. The molecule has 2 N–H and O–H groups in total. The number of aryl methyl sites for hydroxylation is 3. The van der Waals surface area contributed by atoms with Gasteiger partial charge in [0, 0.05) is 16.6 Å². The summed E-state index contributed by atoms with van der Waals surface area (Å²) in [6.07, 6.45) is 0. The van der Waals surface area contributed by atoms with E-state index < -0.39 is 11.8 Å². The number of hydrogen-bond acceptors (Lipinski definition) is 6.